The average Bonchev–Trinajstić information content (AvgIpc) is 2.16. The number of aromatic nitrogens is 1. The lowest BCUT2D eigenvalue weighted by atomic mass is 10.1. The van der Waals surface area contributed by atoms with Crippen LogP contribution in [0, 0.1) is 0 Å². The molecule has 4 heteroatoms. The number of primary amides is 1. The maximum absolute atomic E-state index is 10.8. The second-order valence-corrected chi connectivity index (χ2v) is 2.74. The first-order chi connectivity index (χ1) is 6.15. The van der Waals surface area contributed by atoms with Crippen molar-refractivity contribution in [2.75, 3.05) is 7.11 Å². The van der Waals surface area contributed by atoms with E-state index in [4.69, 9.17) is 10.5 Å². The van der Waals surface area contributed by atoms with Crippen LogP contribution in [0.5, 0.6) is 5.75 Å². The number of rotatable bonds is 3. The first-order valence-electron chi connectivity index (χ1n) is 3.94. The van der Waals surface area contributed by atoms with Gasteiger partial charge < -0.3 is 10.5 Å². The lowest BCUT2D eigenvalue weighted by molar-refractivity contribution is -0.119. The summed E-state index contributed by atoms with van der Waals surface area (Å²) in [5.41, 5.74) is 5.77. The Morgan fingerprint density at radius 2 is 2.38 bits per heavy atom. The number of methoxy groups -OCH3 is 1. The highest BCUT2D eigenvalue weighted by Crippen LogP contribution is 2.17. The van der Waals surface area contributed by atoms with E-state index in [1.54, 1.807) is 32.4 Å². The molecule has 0 radical (unpaired) electrons. The van der Waals surface area contributed by atoms with Crippen molar-refractivity contribution in [1.29, 1.82) is 0 Å². The van der Waals surface area contributed by atoms with Crippen molar-refractivity contribution in [3.8, 4) is 5.75 Å². The third-order valence-corrected chi connectivity index (χ3v) is 1.86. The maximum Gasteiger partial charge on any atom is 0.226 e. The number of nitrogens with zero attached hydrogens (tertiary/aromatic N) is 1. The van der Waals surface area contributed by atoms with Crippen LogP contribution in [0.3, 0.4) is 0 Å². The van der Waals surface area contributed by atoms with Gasteiger partial charge in [-0.1, -0.05) is 0 Å². The van der Waals surface area contributed by atoms with Crippen LogP contribution in [0.25, 0.3) is 0 Å². The summed E-state index contributed by atoms with van der Waals surface area (Å²) in [6, 6.07) is 3.42. The van der Waals surface area contributed by atoms with Gasteiger partial charge in [-0.3, -0.25) is 9.78 Å². The molecule has 0 bridgehead atoms. The lowest BCUT2D eigenvalue weighted by Crippen LogP contribution is -2.19. The van der Waals surface area contributed by atoms with E-state index in [2.05, 4.69) is 4.98 Å². The van der Waals surface area contributed by atoms with Crippen LogP contribution < -0.4 is 10.5 Å². The topological polar surface area (TPSA) is 65.2 Å². The van der Waals surface area contributed by atoms with Crippen molar-refractivity contribution in [3.63, 3.8) is 0 Å². The molecular weight excluding hydrogens is 168 g/mol. The van der Waals surface area contributed by atoms with E-state index in [1.165, 1.54) is 0 Å². The van der Waals surface area contributed by atoms with Gasteiger partial charge in [-0.05, 0) is 13.0 Å². The highest BCUT2D eigenvalue weighted by molar-refractivity contribution is 5.80. The number of amides is 1. The zero-order valence-corrected chi connectivity index (χ0v) is 7.65. The molecule has 0 saturated heterocycles. The van der Waals surface area contributed by atoms with Crippen LogP contribution in [-0.4, -0.2) is 18.0 Å². The highest BCUT2D eigenvalue weighted by atomic mass is 16.5. The van der Waals surface area contributed by atoms with E-state index in [-0.39, 0.29) is 11.8 Å². The van der Waals surface area contributed by atoms with E-state index in [1.807, 2.05) is 0 Å². The molecule has 13 heavy (non-hydrogen) atoms. The molecule has 1 unspecified atom stereocenters. The Morgan fingerprint density at radius 3 is 2.92 bits per heavy atom. The van der Waals surface area contributed by atoms with E-state index in [0.717, 1.165) is 0 Å². The Morgan fingerprint density at radius 1 is 1.69 bits per heavy atom. The Kier molecular flexibility index (Phi) is 2.84. The molecule has 1 heterocycles. The number of pyridine rings is 1. The molecule has 1 aromatic rings. The largest absolute Gasteiger partial charge is 0.497 e. The minimum Gasteiger partial charge on any atom is -0.497 e. The summed E-state index contributed by atoms with van der Waals surface area (Å²) in [4.78, 5) is 14.9. The second kappa shape index (κ2) is 3.89. The van der Waals surface area contributed by atoms with Crippen molar-refractivity contribution in [3.05, 3.63) is 24.0 Å². The van der Waals surface area contributed by atoms with Crippen molar-refractivity contribution in [1.82, 2.24) is 4.98 Å². The van der Waals surface area contributed by atoms with Gasteiger partial charge in [0.1, 0.15) is 5.75 Å². The quantitative estimate of drug-likeness (QED) is 0.743. The summed E-state index contributed by atoms with van der Waals surface area (Å²) in [5.74, 6) is -0.0889. The van der Waals surface area contributed by atoms with Gasteiger partial charge in [-0.15, -0.1) is 0 Å². The molecule has 70 valence electrons. The van der Waals surface area contributed by atoms with E-state index < -0.39 is 0 Å². The number of carbonyl (C=O) groups is 1. The Hall–Kier alpha value is -1.58. The van der Waals surface area contributed by atoms with E-state index >= 15 is 0 Å². The van der Waals surface area contributed by atoms with Crippen LogP contribution in [0.2, 0.25) is 0 Å². The molecule has 0 aliphatic carbocycles. The van der Waals surface area contributed by atoms with Gasteiger partial charge in [-0.25, -0.2) is 0 Å². The normalized spacial score (nSPS) is 12.2. The smallest absolute Gasteiger partial charge is 0.226 e. The van der Waals surface area contributed by atoms with E-state index in [9.17, 15) is 4.79 Å². The molecule has 0 saturated carbocycles. The van der Waals surface area contributed by atoms with Crippen LogP contribution in [0.15, 0.2) is 18.3 Å². The third-order valence-electron chi connectivity index (χ3n) is 1.86. The zero-order valence-electron chi connectivity index (χ0n) is 7.65. The fourth-order valence-electron chi connectivity index (χ4n) is 0.937. The Balaban J connectivity index is 2.94. The molecule has 1 atom stereocenters. The standard InChI is InChI=1S/C9H12N2O2/c1-6(9(10)12)8-5-7(13-2)3-4-11-8/h3-6H,1-2H3,(H2,10,12). The molecule has 4 nitrogen and oxygen atoms in total. The van der Waals surface area contributed by atoms with Gasteiger partial charge in [0.05, 0.1) is 18.7 Å². The fraction of sp³-hybridized carbons (Fsp3) is 0.333. The molecule has 2 N–H and O–H groups in total. The molecule has 0 fully saturated rings. The van der Waals surface area contributed by atoms with Gasteiger partial charge in [0.15, 0.2) is 0 Å². The van der Waals surface area contributed by atoms with E-state index in [0.29, 0.717) is 11.4 Å². The molecule has 1 aromatic heterocycles. The average molecular weight is 180 g/mol. The van der Waals surface area contributed by atoms with Crippen LogP contribution in [0.1, 0.15) is 18.5 Å². The minimum atomic E-state index is -0.388. The zero-order chi connectivity index (χ0) is 9.84. The molecule has 0 aliphatic heterocycles. The molecular formula is C9H12N2O2. The van der Waals surface area contributed by atoms with Crippen LogP contribution >= 0.6 is 0 Å². The highest BCUT2D eigenvalue weighted by Gasteiger charge is 2.13. The predicted octanol–water partition coefficient (Wildman–Crippen LogP) is 0.679. The van der Waals surface area contributed by atoms with Gasteiger partial charge in [-0.2, -0.15) is 0 Å². The number of ether oxygens (including phenoxy) is 1. The summed E-state index contributed by atoms with van der Waals surface area (Å²) in [6.45, 7) is 1.71. The number of hydrogen-bond acceptors (Lipinski definition) is 3. The van der Waals surface area contributed by atoms with Gasteiger partial charge in [0.2, 0.25) is 5.91 Å². The molecule has 1 rings (SSSR count). The SMILES string of the molecule is COc1ccnc(C(C)C(N)=O)c1. The van der Waals surface area contributed by atoms with Crippen molar-refractivity contribution in [2.45, 2.75) is 12.8 Å². The Bertz CT molecular complexity index is 312. The summed E-state index contributed by atoms with van der Waals surface area (Å²) >= 11 is 0. The van der Waals surface area contributed by atoms with Crippen LogP contribution in [0.4, 0.5) is 0 Å². The maximum atomic E-state index is 10.8. The number of hydrogen-bond donors (Lipinski definition) is 1. The van der Waals surface area contributed by atoms with Crippen molar-refractivity contribution < 1.29 is 9.53 Å². The Labute approximate surface area is 76.7 Å². The first kappa shape index (κ1) is 9.51. The number of nitrogens with two attached hydrogens (primary N) is 1. The fourth-order valence-corrected chi connectivity index (χ4v) is 0.937. The first-order valence-corrected chi connectivity index (χ1v) is 3.94. The minimum absolute atomic E-state index is 0.380. The monoisotopic (exact) mass is 180 g/mol. The molecule has 0 aromatic carbocycles. The summed E-state index contributed by atoms with van der Waals surface area (Å²) in [5, 5.41) is 0. The second-order valence-electron chi connectivity index (χ2n) is 2.74. The molecule has 1 amide bonds. The molecule has 0 aliphatic rings. The summed E-state index contributed by atoms with van der Waals surface area (Å²) in [7, 11) is 1.56. The number of carbonyl (C=O) groups excluding carboxylic acids is 1. The predicted molar refractivity (Wildman–Crippen MR) is 48.4 cm³/mol. The van der Waals surface area contributed by atoms with Crippen molar-refractivity contribution in [2.24, 2.45) is 5.73 Å². The third kappa shape index (κ3) is 2.18. The summed E-state index contributed by atoms with van der Waals surface area (Å²) in [6.07, 6.45) is 1.59. The van der Waals surface area contributed by atoms with Crippen molar-refractivity contribution >= 4 is 5.91 Å². The summed E-state index contributed by atoms with van der Waals surface area (Å²) < 4.78 is 4.99. The molecule has 0 spiro atoms. The van der Waals surface area contributed by atoms with Gasteiger partial charge >= 0.3 is 0 Å². The lowest BCUT2D eigenvalue weighted by Gasteiger charge is -2.07. The van der Waals surface area contributed by atoms with Crippen LogP contribution in [-0.2, 0) is 4.79 Å². The van der Waals surface area contributed by atoms with Gasteiger partial charge in [0, 0.05) is 12.3 Å². The van der Waals surface area contributed by atoms with Gasteiger partial charge in [0.25, 0.3) is 0 Å².